The quantitative estimate of drug-likeness (QED) is 0.142. The first kappa shape index (κ1) is 42.7. The molecule has 0 saturated heterocycles. The third-order valence-electron chi connectivity index (χ3n) is 14.4. The molecule has 0 amide bonds. The lowest BCUT2D eigenvalue weighted by Crippen LogP contribution is -2.08. The summed E-state index contributed by atoms with van der Waals surface area (Å²) in [5, 5.41) is 0. The summed E-state index contributed by atoms with van der Waals surface area (Å²) in [5.74, 6) is 0. The third kappa shape index (κ3) is 7.24. The predicted octanol–water partition coefficient (Wildman–Crippen LogP) is 20.0. The van der Waals surface area contributed by atoms with E-state index >= 15 is 0 Å². The molecule has 336 valence electrons. The van der Waals surface area contributed by atoms with Crippen molar-refractivity contribution < 1.29 is 0 Å². The molecule has 12 aromatic rings. The van der Waals surface area contributed by atoms with Gasteiger partial charge in [-0.2, -0.15) is 0 Å². The monoisotopic (exact) mass is 912 g/mol. The second-order valence-electron chi connectivity index (χ2n) is 18.5. The number of fused-ring (bicyclic) bond motifs is 8. The average molecular weight is 913 g/mol. The van der Waals surface area contributed by atoms with Gasteiger partial charge >= 0.3 is 0 Å². The summed E-state index contributed by atoms with van der Waals surface area (Å²) in [7, 11) is 0. The Hall–Kier alpha value is -9.36. The topological polar surface area (TPSA) is 0 Å². The molecule has 0 fully saturated rings. The molecule has 1 aliphatic rings. The van der Waals surface area contributed by atoms with Crippen molar-refractivity contribution in [3.8, 4) is 134 Å². The predicted molar refractivity (Wildman–Crippen MR) is 305 cm³/mol. The van der Waals surface area contributed by atoms with E-state index < -0.39 is 0 Å². The Morgan fingerprint density at radius 1 is 0.0972 bits per heavy atom. The Kier molecular flexibility index (Phi) is 11.0. The summed E-state index contributed by atoms with van der Waals surface area (Å²) in [4.78, 5) is 0. The second kappa shape index (κ2) is 18.5. The number of benzene rings is 12. The molecule has 0 atom stereocenters. The van der Waals surface area contributed by atoms with Gasteiger partial charge in [0, 0.05) is 0 Å². The summed E-state index contributed by atoms with van der Waals surface area (Å²) in [6, 6.07) is 108. The van der Waals surface area contributed by atoms with Crippen LogP contribution in [0.2, 0.25) is 0 Å². The van der Waals surface area contributed by atoms with Gasteiger partial charge in [-0.05, 0) is 134 Å². The molecule has 0 heteroatoms. The highest BCUT2D eigenvalue weighted by molar-refractivity contribution is 6.23. The third-order valence-corrected chi connectivity index (χ3v) is 14.4. The van der Waals surface area contributed by atoms with E-state index in [-0.39, 0.29) is 0 Å². The van der Waals surface area contributed by atoms with Crippen LogP contribution in [0.15, 0.2) is 291 Å². The summed E-state index contributed by atoms with van der Waals surface area (Å²) in [5.41, 5.74) is 28.5. The number of hydrogen-bond donors (Lipinski definition) is 0. The van der Waals surface area contributed by atoms with E-state index in [0.29, 0.717) is 0 Å². The van der Waals surface area contributed by atoms with E-state index in [4.69, 9.17) is 0 Å². The Labute approximate surface area is 422 Å². The first-order chi connectivity index (χ1) is 35.8. The van der Waals surface area contributed by atoms with Gasteiger partial charge in [0.05, 0.1) is 0 Å². The molecule has 0 N–H and O–H groups in total. The summed E-state index contributed by atoms with van der Waals surface area (Å²) >= 11 is 0. The van der Waals surface area contributed by atoms with Gasteiger partial charge in [-0.25, -0.2) is 0 Å². The molecule has 13 rings (SSSR count). The minimum Gasteiger partial charge on any atom is -0.0622 e. The highest BCUT2D eigenvalue weighted by Crippen LogP contribution is 2.63. The molecule has 0 radical (unpaired) electrons. The van der Waals surface area contributed by atoms with Gasteiger partial charge < -0.3 is 0 Å². The zero-order valence-corrected chi connectivity index (χ0v) is 39.7. The van der Waals surface area contributed by atoms with Crippen LogP contribution in [0.25, 0.3) is 134 Å². The highest BCUT2D eigenvalue weighted by Gasteiger charge is 2.36. The number of hydrogen-bond acceptors (Lipinski definition) is 0. The molecule has 0 aliphatic heterocycles. The van der Waals surface area contributed by atoms with Crippen LogP contribution in [0.5, 0.6) is 0 Å². The van der Waals surface area contributed by atoms with Crippen LogP contribution in [0, 0.1) is 0 Å². The van der Waals surface area contributed by atoms with Gasteiger partial charge in [0.15, 0.2) is 0 Å². The molecule has 0 saturated carbocycles. The lowest BCUT2D eigenvalue weighted by Gasteiger charge is -2.34. The maximum absolute atomic E-state index is 2.40. The minimum atomic E-state index is 1.16. The molecular formula is C72H48. The molecule has 0 bridgehead atoms. The van der Waals surface area contributed by atoms with E-state index in [9.17, 15) is 0 Å². The lowest BCUT2D eigenvalue weighted by molar-refractivity contribution is 1.48. The van der Waals surface area contributed by atoms with Gasteiger partial charge in [0.25, 0.3) is 0 Å². The smallest absolute Gasteiger partial charge is 0.000741 e. The first-order valence-electron chi connectivity index (χ1n) is 24.9. The highest BCUT2D eigenvalue weighted by atomic mass is 14.4. The van der Waals surface area contributed by atoms with E-state index in [1.807, 2.05) is 0 Å². The van der Waals surface area contributed by atoms with Gasteiger partial charge in [-0.3, -0.25) is 0 Å². The molecule has 0 nitrogen and oxygen atoms in total. The van der Waals surface area contributed by atoms with Crippen molar-refractivity contribution in [1.29, 1.82) is 0 Å². The largest absolute Gasteiger partial charge is 0.0622 e. The van der Waals surface area contributed by atoms with Crippen molar-refractivity contribution in [3.05, 3.63) is 291 Å². The molecule has 0 aromatic heterocycles. The van der Waals surface area contributed by atoms with Crippen molar-refractivity contribution in [2.45, 2.75) is 0 Å². The number of rotatable bonds is 8. The van der Waals surface area contributed by atoms with Crippen LogP contribution in [0.1, 0.15) is 0 Å². The van der Waals surface area contributed by atoms with Crippen molar-refractivity contribution in [2.75, 3.05) is 0 Å². The molecule has 0 unspecified atom stereocenters. The van der Waals surface area contributed by atoms with Gasteiger partial charge in [-0.1, -0.05) is 291 Å². The fraction of sp³-hybridized carbons (Fsp3) is 0. The zero-order chi connectivity index (χ0) is 47.8. The van der Waals surface area contributed by atoms with Crippen molar-refractivity contribution >= 4 is 0 Å². The molecule has 0 heterocycles. The molecule has 1 aliphatic carbocycles. The van der Waals surface area contributed by atoms with Gasteiger partial charge in [0.2, 0.25) is 0 Å². The Morgan fingerprint density at radius 2 is 0.208 bits per heavy atom. The van der Waals surface area contributed by atoms with Crippen LogP contribution < -0.4 is 0 Å². The standard InChI is InChI=1S/C72H48/c1-9-29-49(30-10-1)61-62(50-31-11-2-12-32-50)66(54-39-19-6-20-40-54)70-59-47-27-28-48-60(59)72-68(56-43-23-8-24-44-56)64(52-35-15-4-16-36-52)63(51-33-13-3-14-34-51)67(55-41-21-7-22-42-55)71(72)58-46-26-25-45-57(58)69(70)65(61)53-37-17-5-18-38-53/h1-48H. The molecule has 72 heavy (non-hydrogen) atoms. The summed E-state index contributed by atoms with van der Waals surface area (Å²) in [6.45, 7) is 0. The van der Waals surface area contributed by atoms with Crippen LogP contribution >= 0.6 is 0 Å². The van der Waals surface area contributed by atoms with E-state index in [1.165, 1.54) is 111 Å². The summed E-state index contributed by atoms with van der Waals surface area (Å²) in [6.07, 6.45) is 0. The molecular weight excluding hydrogens is 865 g/mol. The zero-order valence-electron chi connectivity index (χ0n) is 39.7. The van der Waals surface area contributed by atoms with E-state index in [0.717, 1.165) is 22.3 Å². The first-order valence-corrected chi connectivity index (χ1v) is 24.9. The van der Waals surface area contributed by atoms with Crippen molar-refractivity contribution in [2.24, 2.45) is 0 Å². The van der Waals surface area contributed by atoms with Crippen LogP contribution in [0.4, 0.5) is 0 Å². The Balaban J connectivity index is 1.36. The van der Waals surface area contributed by atoms with Crippen molar-refractivity contribution in [3.63, 3.8) is 0 Å². The maximum atomic E-state index is 2.40. The maximum Gasteiger partial charge on any atom is -0.000741 e. The van der Waals surface area contributed by atoms with Crippen LogP contribution in [0.3, 0.4) is 0 Å². The normalized spacial score (nSPS) is 11.3. The van der Waals surface area contributed by atoms with Crippen LogP contribution in [-0.4, -0.2) is 0 Å². The lowest BCUT2D eigenvalue weighted by atomic mass is 9.68. The fourth-order valence-electron chi connectivity index (χ4n) is 11.6. The van der Waals surface area contributed by atoms with Crippen LogP contribution in [-0.2, 0) is 0 Å². The van der Waals surface area contributed by atoms with Gasteiger partial charge in [-0.15, -0.1) is 0 Å². The van der Waals surface area contributed by atoms with Crippen molar-refractivity contribution in [1.82, 2.24) is 0 Å². The van der Waals surface area contributed by atoms with E-state index in [1.54, 1.807) is 0 Å². The fourth-order valence-corrected chi connectivity index (χ4v) is 11.6. The second-order valence-corrected chi connectivity index (χ2v) is 18.5. The Morgan fingerprint density at radius 3 is 0.347 bits per heavy atom. The van der Waals surface area contributed by atoms with E-state index in [2.05, 4.69) is 291 Å². The SMILES string of the molecule is c1ccc(-c2c(-c3ccccc3)c(-c3ccccc3)c3c(c2-c2ccccc2)-c2ccccc2-c2c(-c4ccccc4)c(-c4ccccc4)c(-c4ccccc4)c(-c4ccccc4)c2-c2ccccc2-3)cc1. The molecule has 12 aromatic carbocycles. The van der Waals surface area contributed by atoms with Gasteiger partial charge in [0.1, 0.15) is 0 Å². The molecule has 0 spiro atoms. The minimum absolute atomic E-state index is 1.16. The Bertz CT molecular complexity index is 3360. The summed E-state index contributed by atoms with van der Waals surface area (Å²) < 4.78 is 0. The average Bonchev–Trinajstić information content (AvgIpc) is 3.47.